The first-order valence-electron chi connectivity index (χ1n) is 10.0. The summed E-state index contributed by atoms with van der Waals surface area (Å²) in [4.78, 5) is 30.4. The fourth-order valence-electron chi connectivity index (χ4n) is 3.63. The number of carbonyl (C=O) groups excluding carboxylic acids is 2. The van der Waals surface area contributed by atoms with E-state index in [1.165, 1.54) is 12.1 Å². The Kier molecular flexibility index (Phi) is 6.86. The Morgan fingerprint density at radius 2 is 1.72 bits per heavy atom. The molecule has 2 amide bonds. The van der Waals surface area contributed by atoms with E-state index in [2.05, 4.69) is 11.0 Å². The maximum Gasteiger partial charge on any atom is 0.224 e. The Labute approximate surface area is 171 Å². The number of rotatable bonds is 6. The van der Waals surface area contributed by atoms with Crippen molar-refractivity contribution in [3.8, 4) is 0 Å². The minimum atomic E-state index is -0.247. The first kappa shape index (κ1) is 20.8. The molecule has 1 saturated heterocycles. The summed E-state index contributed by atoms with van der Waals surface area (Å²) >= 11 is 0. The minimum Gasteiger partial charge on any atom is -0.368 e. The number of hydrogen-bond acceptors (Lipinski definition) is 3. The maximum absolute atomic E-state index is 13.1. The van der Waals surface area contributed by atoms with E-state index < -0.39 is 0 Å². The second kappa shape index (κ2) is 9.54. The van der Waals surface area contributed by atoms with Crippen molar-refractivity contribution in [1.82, 2.24) is 9.80 Å². The van der Waals surface area contributed by atoms with Gasteiger partial charge in [0.15, 0.2) is 0 Å². The zero-order valence-electron chi connectivity index (χ0n) is 17.1. The lowest BCUT2D eigenvalue weighted by molar-refractivity contribution is -0.134. The molecule has 1 fully saturated rings. The molecule has 1 heterocycles. The van der Waals surface area contributed by atoms with E-state index in [9.17, 15) is 14.0 Å². The van der Waals surface area contributed by atoms with Gasteiger partial charge in [-0.3, -0.25) is 9.59 Å². The Morgan fingerprint density at radius 3 is 2.34 bits per heavy atom. The van der Waals surface area contributed by atoms with Gasteiger partial charge >= 0.3 is 0 Å². The molecule has 0 spiro atoms. The summed E-state index contributed by atoms with van der Waals surface area (Å²) in [6, 6.07) is 14.5. The fraction of sp³-hybridized carbons (Fsp3) is 0.391. The topological polar surface area (TPSA) is 43.9 Å². The van der Waals surface area contributed by atoms with Gasteiger partial charge in [-0.25, -0.2) is 4.39 Å². The summed E-state index contributed by atoms with van der Waals surface area (Å²) in [6.45, 7) is 7.21. The van der Waals surface area contributed by atoms with Gasteiger partial charge in [0.2, 0.25) is 11.8 Å². The van der Waals surface area contributed by atoms with Crippen molar-refractivity contribution in [3.63, 3.8) is 0 Å². The SMILES string of the molecule is CC(=O)N(CCC(=O)N1CCN(c2ccc(F)cc2)CC1)Cc1cccc(C)c1. The highest BCUT2D eigenvalue weighted by molar-refractivity contribution is 5.78. The number of amides is 2. The van der Waals surface area contributed by atoms with Crippen LogP contribution in [0.1, 0.15) is 24.5 Å². The van der Waals surface area contributed by atoms with Gasteiger partial charge in [0.1, 0.15) is 5.82 Å². The number of piperazine rings is 1. The number of carbonyl (C=O) groups is 2. The van der Waals surface area contributed by atoms with Crippen LogP contribution in [0.15, 0.2) is 48.5 Å². The third-order valence-electron chi connectivity index (χ3n) is 5.32. The van der Waals surface area contributed by atoms with Gasteiger partial charge in [0.05, 0.1) is 0 Å². The van der Waals surface area contributed by atoms with Gasteiger partial charge in [-0.05, 0) is 36.8 Å². The lowest BCUT2D eigenvalue weighted by Gasteiger charge is -2.36. The molecule has 5 nitrogen and oxygen atoms in total. The summed E-state index contributed by atoms with van der Waals surface area (Å²) in [6.07, 6.45) is 0.321. The number of anilines is 1. The molecule has 1 aliphatic heterocycles. The Balaban J connectivity index is 1.49. The first-order chi connectivity index (χ1) is 13.9. The largest absolute Gasteiger partial charge is 0.368 e. The average Bonchev–Trinajstić information content (AvgIpc) is 2.71. The molecule has 0 aromatic heterocycles. The van der Waals surface area contributed by atoms with E-state index >= 15 is 0 Å². The van der Waals surface area contributed by atoms with Crippen molar-refractivity contribution in [1.29, 1.82) is 0 Å². The summed E-state index contributed by atoms with van der Waals surface area (Å²) in [5, 5.41) is 0. The van der Waals surface area contributed by atoms with Crippen molar-refractivity contribution in [3.05, 3.63) is 65.5 Å². The average molecular weight is 397 g/mol. The lowest BCUT2D eigenvalue weighted by Crippen LogP contribution is -2.49. The van der Waals surface area contributed by atoms with Gasteiger partial charge in [-0.1, -0.05) is 29.8 Å². The predicted molar refractivity (Wildman–Crippen MR) is 112 cm³/mol. The van der Waals surface area contributed by atoms with Crippen molar-refractivity contribution in [2.24, 2.45) is 0 Å². The fourth-order valence-corrected chi connectivity index (χ4v) is 3.63. The summed E-state index contributed by atoms with van der Waals surface area (Å²) < 4.78 is 13.1. The minimum absolute atomic E-state index is 0.0274. The van der Waals surface area contributed by atoms with Crippen molar-refractivity contribution < 1.29 is 14.0 Å². The smallest absolute Gasteiger partial charge is 0.224 e. The van der Waals surface area contributed by atoms with Crippen LogP contribution < -0.4 is 4.90 Å². The highest BCUT2D eigenvalue weighted by atomic mass is 19.1. The molecule has 6 heteroatoms. The molecule has 0 radical (unpaired) electrons. The van der Waals surface area contributed by atoms with Crippen molar-refractivity contribution >= 4 is 17.5 Å². The number of hydrogen-bond donors (Lipinski definition) is 0. The number of aryl methyl sites for hydroxylation is 1. The number of halogens is 1. The number of nitrogens with zero attached hydrogens (tertiary/aromatic N) is 3. The van der Waals surface area contributed by atoms with E-state index in [1.807, 2.05) is 30.0 Å². The monoisotopic (exact) mass is 397 g/mol. The van der Waals surface area contributed by atoms with E-state index in [1.54, 1.807) is 24.0 Å². The molecule has 3 rings (SSSR count). The Morgan fingerprint density at radius 1 is 1.03 bits per heavy atom. The van der Waals surface area contributed by atoms with E-state index in [4.69, 9.17) is 0 Å². The second-order valence-electron chi connectivity index (χ2n) is 7.52. The van der Waals surface area contributed by atoms with Gasteiger partial charge in [-0.15, -0.1) is 0 Å². The Hall–Kier alpha value is -2.89. The van der Waals surface area contributed by atoms with Crippen LogP contribution >= 0.6 is 0 Å². The van der Waals surface area contributed by atoms with Gasteiger partial charge < -0.3 is 14.7 Å². The Bertz CT molecular complexity index is 845. The van der Waals surface area contributed by atoms with Crippen LogP contribution in [0.2, 0.25) is 0 Å². The van der Waals surface area contributed by atoms with Crippen molar-refractivity contribution in [2.45, 2.75) is 26.8 Å². The first-order valence-corrected chi connectivity index (χ1v) is 10.0. The second-order valence-corrected chi connectivity index (χ2v) is 7.52. The third kappa shape index (κ3) is 5.79. The molecule has 2 aromatic rings. The zero-order chi connectivity index (χ0) is 20.8. The molecule has 0 aliphatic carbocycles. The summed E-state index contributed by atoms with van der Waals surface area (Å²) in [5.41, 5.74) is 3.20. The summed E-state index contributed by atoms with van der Waals surface area (Å²) in [7, 11) is 0. The number of benzene rings is 2. The van der Waals surface area contributed by atoms with Crippen LogP contribution in [-0.4, -0.2) is 54.3 Å². The zero-order valence-corrected chi connectivity index (χ0v) is 17.1. The van der Waals surface area contributed by atoms with Gasteiger partial charge in [-0.2, -0.15) is 0 Å². The highest BCUT2D eigenvalue weighted by Gasteiger charge is 2.22. The molecule has 29 heavy (non-hydrogen) atoms. The molecule has 154 valence electrons. The van der Waals surface area contributed by atoms with E-state index in [0.717, 1.165) is 29.9 Å². The molecule has 0 bridgehead atoms. The van der Waals surface area contributed by atoms with Crippen LogP contribution in [-0.2, 0) is 16.1 Å². The summed E-state index contributed by atoms with van der Waals surface area (Å²) in [5.74, 6) is -0.206. The van der Waals surface area contributed by atoms with Crippen LogP contribution in [0, 0.1) is 12.7 Å². The van der Waals surface area contributed by atoms with Crippen LogP contribution in [0.5, 0.6) is 0 Å². The van der Waals surface area contributed by atoms with Gasteiger partial charge in [0.25, 0.3) is 0 Å². The molecular weight excluding hydrogens is 369 g/mol. The molecule has 1 aliphatic rings. The van der Waals surface area contributed by atoms with E-state index in [0.29, 0.717) is 32.6 Å². The third-order valence-corrected chi connectivity index (χ3v) is 5.32. The van der Waals surface area contributed by atoms with Crippen LogP contribution in [0.25, 0.3) is 0 Å². The quantitative estimate of drug-likeness (QED) is 0.752. The van der Waals surface area contributed by atoms with Crippen LogP contribution in [0.4, 0.5) is 10.1 Å². The van der Waals surface area contributed by atoms with Crippen molar-refractivity contribution in [2.75, 3.05) is 37.6 Å². The van der Waals surface area contributed by atoms with Gasteiger partial charge in [0, 0.05) is 58.3 Å². The molecule has 0 unspecified atom stereocenters. The molecule has 0 saturated carbocycles. The van der Waals surface area contributed by atoms with Crippen LogP contribution in [0.3, 0.4) is 0 Å². The lowest BCUT2D eigenvalue weighted by atomic mass is 10.1. The normalized spacial score (nSPS) is 14.0. The predicted octanol–water partition coefficient (Wildman–Crippen LogP) is 3.22. The molecule has 2 aromatic carbocycles. The highest BCUT2D eigenvalue weighted by Crippen LogP contribution is 2.17. The molecular formula is C23H28FN3O2. The maximum atomic E-state index is 13.1. The van der Waals surface area contributed by atoms with E-state index in [-0.39, 0.29) is 17.6 Å². The molecule has 0 N–H and O–H groups in total. The standard InChI is InChI=1S/C23H28FN3O2/c1-18-4-3-5-20(16-18)17-27(19(2)28)11-10-23(29)26-14-12-25(13-15-26)22-8-6-21(24)7-9-22/h3-9,16H,10-15,17H2,1-2H3. The molecule has 0 atom stereocenters.